The van der Waals surface area contributed by atoms with Crippen LogP contribution in [-0.2, 0) is 14.9 Å². The van der Waals surface area contributed by atoms with Crippen LogP contribution < -0.4 is 4.74 Å². The Balaban J connectivity index is 2.16. The SMILES string of the molecule is CCC1(c2ccc(OC(C)(C)C(=O)OC)cc2)CC1(Cl)Cl. The Hall–Kier alpha value is -0.930. The van der Waals surface area contributed by atoms with Crippen LogP contribution in [0.1, 0.15) is 39.2 Å². The van der Waals surface area contributed by atoms with Gasteiger partial charge in [0.2, 0.25) is 0 Å². The van der Waals surface area contributed by atoms with E-state index in [1.54, 1.807) is 13.8 Å². The highest BCUT2D eigenvalue weighted by atomic mass is 35.5. The van der Waals surface area contributed by atoms with Crippen LogP contribution in [0, 0.1) is 0 Å². The molecule has 5 heteroatoms. The average molecular weight is 331 g/mol. The molecule has 2 rings (SSSR count). The Kier molecular flexibility index (Phi) is 4.20. The van der Waals surface area contributed by atoms with E-state index in [2.05, 4.69) is 6.92 Å². The van der Waals surface area contributed by atoms with Gasteiger partial charge in [-0.1, -0.05) is 19.1 Å². The van der Waals surface area contributed by atoms with Gasteiger partial charge in [0.1, 0.15) is 10.1 Å². The monoisotopic (exact) mass is 330 g/mol. The van der Waals surface area contributed by atoms with Crippen LogP contribution in [-0.4, -0.2) is 23.0 Å². The van der Waals surface area contributed by atoms with Gasteiger partial charge in [-0.25, -0.2) is 4.79 Å². The molecule has 0 aromatic heterocycles. The topological polar surface area (TPSA) is 35.5 Å². The zero-order valence-electron chi connectivity index (χ0n) is 12.7. The van der Waals surface area contributed by atoms with Crippen molar-refractivity contribution in [1.82, 2.24) is 0 Å². The summed E-state index contributed by atoms with van der Waals surface area (Å²) in [7, 11) is 1.34. The summed E-state index contributed by atoms with van der Waals surface area (Å²) in [4.78, 5) is 11.6. The van der Waals surface area contributed by atoms with E-state index in [0.717, 1.165) is 18.4 Å². The maximum atomic E-state index is 11.6. The molecule has 116 valence electrons. The molecule has 0 bridgehead atoms. The molecule has 0 heterocycles. The quantitative estimate of drug-likeness (QED) is 0.598. The van der Waals surface area contributed by atoms with Crippen LogP contribution in [0.25, 0.3) is 0 Å². The number of ether oxygens (including phenoxy) is 2. The second kappa shape index (κ2) is 5.36. The van der Waals surface area contributed by atoms with Crippen LogP contribution in [0.4, 0.5) is 0 Å². The highest BCUT2D eigenvalue weighted by Gasteiger charge is 2.65. The maximum Gasteiger partial charge on any atom is 0.349 e. The molecular formula is C16H20Cl2O3. The van der Waals surface area contributed by atoms with Gasteiger partial charge < -0.3 is 9.47 Å². The van der Waals surface area contributed by atoms with Crippen molar-refractivity contribution >= 4 is 29.2 Å². The zero-order chi connectivity index (χ0) is 15.9. The van der Waals surface area contributed by atoms with E-state index in [1.165, 1.54) is 7.11 Å². The molecule has 21 heavy (non-hydrogen) atoms. The normalized spacial score (nSPS) is 23.5. The van der Waals surface area contributed by atoms with E-state index >= 15 is 0 Å². The van der Waals surface area contributed by atoms with Crippen molar-refractivity contribution < 1.29 is 14.3 Å². The highest BCUT2D eigenvalue weighted by molar-refractivity contribution is 6.52. The third kappa shape index (κ3) is 2.86. The predicted octanol–water partition coefficient (Wildman–Crippen LogP) is 4.24. The number of hydrogen-bond acceptors (Lipinski definition) is 3. The van der Waals surface area contributed by atoms with Gasteiger partial charge in [-0.05, 0) is 44.4 Å². The minimum Gasteiger partial charge on any atom is -0.476 e. The van der Waals surface area contributed by atoms with Gasteiger partial charge in [-0.2, -0.15) is 0 Å². The molecule has 1 aromatic carbocycles. The van der Waals surface area contributed by atoms with Crippen molar-refractivity contribution in [3.63, 3.8) is 0 Å². The van der Waals surface area contributed by atoms with Crippen molar-refractivity contribution in [2.45, 2.75) is 49.0 Å². The Morgan fingerprint density at radius 3 is 2.19 bits per heavy atom. The van der Waals surface area contributed by atoms with Crippen molar-refractivity contribution in [1.29, 1.82) is 0 Å². The first kappa shape index (κ1) is 16.4. The van der Waals surface area contributed by atoms with Gasteiger partial charge in [0.15, 0.2) is 5.60 Å². The first-order valence-electron chi connectivity index (χ1n) is 6.94. The van der Waals surface area contributed by atoms with Gasteiger partial charge in [-0.15, -0.1) is 23.2 Å². The molecule has 0 amide bonds. The molecule has 1 aliphatic carbocycles. The molecule has 0 spiro atoms. The number of methoxy groups -OCH3 is 1. The summed E-state index contributed by atoms with van der Waals surface area (Å²) in [6.07, 6.45) is 1.64. The zero-order valence-corrected chi connectivity index (χ0v) is 14.2. The summed E-state index contributed by atoms with van der Waals surface area (Å²) >= 11 is 12.6. The number of halogens is 2. The average Bonchev–Trinajstić information content (AvgIpc) is 3.01. The molecule has 0 radical (unpaired) electrons. The lowest BCUT2D eigenvalue weighted by Gasteiger charge is -2.24. The second-order valence-electron chi connectivity index (χ2n) is 5.95. The fraction of sp³-hybridized carbons (Fsp3) is 0.562. The summed E-state index contributed by atoms with van der Waals surface area (Å²) in [5.41, 5.74) is -0.105. The van der Waals surface area contributed by atoms with Crippen LogP contribution in [0.3, 0.4) is 0 Å². The molecule has 1 fully saturated rings. The molecule has 0 N–H and O–H groups in total. The minimum atomic E-state index is -1.03. The largest absolute Gasteiger partial charge is 0.476 e. The Morgan fingerprint density at radius 2 is 1.81 bits per heavy atom. The van der Waals surface area contributed by atoms with Crippen molar-refractivity contribution in [2.75, 3.05) is 7.11 Å². The number of benzene rings is 1. The predicted molar refractivity (Wildman–Crippen MR) is 84.2 cm³/mol. The lowest BCUT2D eigenvalue weighted by molar-refractivity contribution is -0.156. The molecule has 1 unspecified atom stereocenters. The first-order chi connectivity index (χ1) is 9.68. The van der Waals surface area contributed by atoms with Crippen LogP contribution in [0.2, 0.25) is 0 Å². The second-order valence-corrected chi connectivity index (χ2v) is 7.43. The summed E-state index contributed by atoms with van der Waals surface area (Å²) in [6, 6.07) is 7.58. The molecule has 3 nitrogen and oxygen atoms in total. The third-order valence-corrected chi connectivity index (χ3v) is 5.15. The fourth-order valence-corrected chi connectivity index (χ4v) is 3.60. The van der Waals surface area contributed by atoms with Crippen LogP contribution in [0.15, 0.2) is 24.3 Å². The third-order valence-electron chi connectivity index (χ3n) is 4.16. The Morgan fingerprint density at radius 1 is 1.29 bits per heavy atom. The maximum absolute atomic E-state index is 11.6. The molecular weight excluding hydrogens is 311 g/mol. The van der Waals surface area contributed by atoms with Gasteiger partial charge in [0, 0.05) is 5.41 Å². The number of alkyl halides is 2. The number of rotatable bonds is 5. The molecule has 1 saturated carbocycles. The lowest BCUT2D eigenvalue weighted by Crippen LogP contribution is -2.39. The van der Waals surface area contributed by atoms with Crippen molar-refractivity contribution in [2.24, 2.45) is 0 Å². The number of carbonyl (C=O) groups is 1. The molecule has 0 aliphatic heterocycles. The molecule has 0 saturated heterocycles. The van der Waals surface area contributed by atoms with Crippen molar-refractivity contribution in [3.8, 4) is 5.75 Å². The molecule has 1 atom stereocenters. The van der Waals surface area contributed by atoms with Gasteiger partial charge >= 0.3 is 5.97 Å². The van der Waals surface area contributed by atoms with Crippen LogP contribution >= 0.6 is 23.2 Å². The van der Waals surface area contributed by atoms with E-state index < -0.39 is 15.9 Å². The number of hydrogen-bond donors (Lipinski definition) is 0. The number of carbonyl (C=O) groups excluding carboxylic acids is 1. The van der Waals surface area contributed by atoms with Crippen LogP contribution in [0.5, 0.6) is 5.75 Å². The van der Waals surface area contributed by atoms with E-state index in [9.17, 15) is 4.79 Å². The molecule has 1 aromatic rings. The summed E-state index contributed by atoms with van der Waals surface area (Å²) in [5, 5.41) is 0. The van der Waals surface area contributed by atoms with Gasteiger partial charge in [0.05, 0.1) is 7.11 Å². The van der Waals surface area contributed by atoms with E-state index in [1.807, 2.05) is 24.3 Å². The standard InChI is InChI=1S/C16H20Cl2O3/c1-5-15(10-16(15,17)18)11-6-8-12(9-7-11)21-14(2,3)13(19)20-4/h6-9H,5,10H2,1-4H3. The number of esters is 1. The van der Waals surface area contributed by atoms with Gasteiger partial charge in [0.25, 0.3) is 0 Å². The lowest BCUT2D eigenvalue weighted by atomic mass is 9.93. The Labute approximate surface area is 135 Å². The molecule has 1 aliphatic rings. The van der Waals surface area contributed by atoms with E-state index in [4.69, 9.17) is 32.7 Å². The first-order valence-corrected chi connectivity index (χ1v) is 7.70. The highest BCUT2D eigenvalue weighted by Crippen LogP contribution is 2.66. The van der Waals surface area contributed by atoms with Crippen molar-refractivity contribution in [3.05, 3.63) is 29.8 Å². The van der Waals surface area contributed by atoms with E-state index in [0.29, 0.717) is 5.75 Å². The summed E-state index contributed by atoms with van der Waals surface area (Å²) in [5.74, 6) is 0.190. The summed E-state index contributed by atoms with van der Waals surface area (Å²) in [6.45, 7) is 5.42. The summed E-state index contributed by atoms with van der Waals surface area (Å²) < 4.78 is 9.72. The fourth-order valence-electron chi connectivity index (χ4n) is 2.66. The smallest absolute Gasteiger partial charge is 0.349 e. The Bertz CT molecular complexity index is 537. The van der Waals surface area contributed by atoms with Gasteiger partial charge in [-0.3, -0.25) is 0 Å². The van der Waals surface area contributed by atoms with E-state index in [-0.39, 0.29) is 5.41 Å². The minimum absolute atomic E-state index is 0.174.